The van der Waals surface area contributed by atoms with E-state index >= 15 is 0 Å². The van der Waals surface area contributed by atoms with Crippen molar-refractivity contribution in [1.29, 1.82) is 0 Å². The first-order valence-corrected chi connectivity index (χ1v) is 35.6. The minimum atomic E-state index is -5.48. The summed E-state index contributed by atoms with van der Waals surface area (Å²) in [6.07, 6.45) is 13.2. The van der Waals surface area contributed by atoms with E-state index in [1.54, 1.807) is 2.63 Å². The molecule has 0 radical (unpaired) electrons. The molecule has 0 fully saturated rings. The molecule has 0 bridgehead atoms. The second kappa shape index (κ2) is 8.25. The van der Waals surface area contributed by atoms with Crippen LogP contribution in [0.4, 0.5) is 0 Å². The van der Waals surface area contributed by atoms with Crippen LogP contribution in [-0.2, 0) is 32.3 Å². The van der Waals surface area contributed by atoms with Crippen molar-refractivity contribution in [3.05, 3.63) is 100.0 Å². The van der Waals surface area contributed by atoms with E-state index < -0.39 is 15.1 Å². The van der Waals surface area contributed by atoms with Crippen molar-refractivity contribution in [2.24, 2.45) is 0 Å². The molecule has 0 amide bonds. The van der Waals surface area contributed by atoms with Crippen molar-refractivity contribution in [3.63, 3.8) is 0 Å². The van der Waals surface area contributed by atoms with Gasteiger partial charge in [-0.1, -0.05) is 0 Å². The summed E-state index contributed by atoms with van der Waals surface area (Å²) >= 11 is -3.41. The zero-order valence-electron chi connectivity index (χ0n) is 26.8. The van der Waals surface area contributed by atoms with Gasteiger partial charge in [-0.15, -0.1) is 0 Å². The molecule has 0 saturated heterocycles. The van der Waals surface area contributed by atoms with Crippen molar-refractivity contribution in [3.8, 4) is 11.1 Å². The van der Waals surface area contributed by atoms with Gasteiger partial charge >= 0.3 is 244 Å². The standard InChI is InChI=1S/C21H25.C8H11S.C5H5.3CH3.CH2.Hf/c1-20(2,3)16-7-9-18-14(12-16)11-15-13-17(21(4,5)6)8-10-19(15)18;1-2-3-5-8-6-4-7-9-8;1-2-4-5-3-1;;;;;/h7-13H,1-6H3;4,6H,2-3,5H2,1H3;1-5H;3*1H3;1H2;. The maximum atomic E-state index is 5.78. The van der Waals surface area contributed by atoms with Gasteiger partial charge in [0.05, 0.1) is 0 Å². The van der Waals surface area contributed by atoms with Crippen molar-refractivity contribution in [2.75, 3.05) is 0 Å². The van der Waals surface area contributed by atoms with Gasteiger partial charge in [0, 0.05) is 0 Å². The molecule has 1 aromatic heterocycles. The van der Waals surface area contributed by atoms with Crippen LogP contribution in [0.15, 0.2) is 72.8 Å². The SMILES string of the molecule is [CH2]=[Hf]([CH3])([CH3])([CH3])([c]1ccc(CCCC)s1)([CH]1C=CC=C1)[CH]1c2cc(C(C)(C)C)ccc2-c2ccc(C(C)(C)C)cc21. The molecule has 5 rings (SSSR count). The van der Waals surface area contributed by atoms with Gasteiger partial charge in [-0.3, -0.25) is 0 Å². The Labute approximate surface area is 242 Å². The number of benzene rings is 2. The first kappa shape index (κ1) is 29.8. The summed E-state index contributed by atoms with van der Waals surface area (Å²) in [7, 11) is 0. The number of fused-ring (bicyclic) bond motifs is 3. The molecule has 2 aliphatic carbocycles. The second-order valence-electron chi connectivity index (χ2n) is 18.3. The predicted molar refractivity (Wildman–Crippen MR) is 180 cm³/mol. The third-order valence-electron chi connectivity index (χ3n) is 11.1. The molecular formula is C38H52HfS. The summed E-state index contributed by atoms with van der Waals surface area (Å²) in [6.45, 7) is 16.4. The van der Waals surface area contributed by atoms with Gasteiger partial charge in [0.1, 0.15) is 0 Å². The monoisotopic (exact) mass is 720 g/mol. The summed E-state index contributed by atoms with van der Waals surface area (Å²) < 4.78 is 16.0. The van der Waals surface area contributed by atoms with Gasteiger partial charge in [-0.25, -0.2) is 0 Å². The van der Waals surface area contributed by atoms with Crippen molar-refractivity contribution in [2.45, 2.75) is 99.9 Å². The Morgan fingerprint density at radius 2 is 1.25 bits per heavy atom. The summed E-state index contributed by atoms with van der Waals surface area (Å²) in [5.41, 5.74) is 8.80. The van der Waals surface area contributed by atoms with Gasteiger partial charge in [0.2, 0.25) is 0 Å². The van der Waals surface area contributed by atoms with Crippen molar-refractivity contribution < 1.29 is 15.1 Å². The van der Waals surface area contributed by atoms with E-state index in [0.29, 0.717) is 3.67 Å². The first-order chi connectivity index (χ1) is 18.2. The van der Waals surface area contributed by atoms with Crippen LogP contribution in [0.1, 0.15) is 92.1 Å². The molecule has 0 saturated carbocycles. The van der Waals surface area contributed by atoms with Crippen LogP contribution in [0.25, 0.3) is 11.1 Å². The summed E-state index contributed by atoms with van der Waals surface area (Å²) in [5.74, 6) is 0. The number of hydrogen-bond acceptors (Lipinski definition) is 1. The molecular weight excluding hydrogens is 667 g/mol. The third kappa shape index (κ3) is 4.17. The molecule has 3 aromatic rings. The molecule has 0 atom stereocenters. The zero-order valence-corrected chi connectivity index (χ0v) is 31.2. The molecule has 0 spiro atoms. The van der Waals surface area contributed by atoms with Gasteiger partial charge in [-0.05, 0) is 0 Å². The van der Waals surface area contributed by atoms with Crippen molar-refractivity contribution in [1.82, 2.24) is 0 Å². The van der Waals surface area contributed by atoms with E-state index in [4.69, 9.17) is 4.26 Å². The van der Waals surface area contributed by atoms with E-state index in [-0.39, 0.29) is 14.5 Å². The van der Waals surface area contributed by atoms with Crippen molar-refractivity contribution >= 4 is 18.2 Å². The second-order valence-corrected chi connectivity index (χ2v) is 70.9. The van der Waals surface area contributed by atoms with Crippen LogP contribution in [0.2, 0.25) is 17.7 Å². The van der Waals surface area contributed by atoms with Crippen LogP contribution in [0.3, 0.4) is 0 Å². The average Bonchev–Trinajstić information content (AvgIpc) is 3.60. The molecule has 2 heteroatoms. The van der Waals surface area contributed by atoms with Crippen LogP contribution < -0.4 is 2.63 Å². The molecule has 0 aliphatic heterocycles. The van der Waals surface area contributed by atoms with Crippen LogP contribution >= 0.6 is 11.3 Å². The normalized spacial score (nSPS) is 18.7. The summed E-state index contributed by atoms with van der Waals surface area (Å²) in [4.78, 5) is 1.51. The number of thiophene rings is 1. The fourth-order valence-electron chi connectivity index (χ4n) is 8.05. The van der Waals surface area contributed by atoms with Gasteiger partial charge < -0.3 is 0 Å². The molecule has 2 aliphatic rings. The minimum absolute atomic E-state index is 0.0785. The Hall–Kier alpha value is -1.64. The summed E-state index contributed by atoms with van der Waals surface area (Å²) in [5, 5.41) is 0. The quantitative estimate of drug-likeness (QED) is 0.223. The fourth-order valence-corrected chi connectivity index (χ4v) is 44.8. The molecule has 0 N–H and O–H groups in total. The fraction of sp³-hybridized carbons (Fsp3) is 0.447. The number of hydrogen-bond donors (Lipinski definition) is 0. The Bertz CT molecular complexity index is 1610. The van der Waals surface area contributed by atoms with Crippen LogP contribution in [0.5, 0.6) is 0 Å². The van der Waals surface area contributed by atoms with Gasteiger partial charge in [-0.2, -0.15) is 0 Å². The molecule has 40 heavy (non-hydrogen) atoms. The Morgan fingerprint density at radius 1 is 0.750 bits per heavy atom. The first-order valence-electron chi connectivity index (χ1n) is 15.5. The predicted octanol–water partition coefficient (Wildman–Crippen LogP) is 11.3. The number of rotatable bonds is 6. The molecule has 1 heterocycles. The number of unbranched alkanes of at least 4 members (excludes halogenated alkanes) is 1. The maximum absolute atomic E-state index is 5.78. The Morgan fingerprint density at radius 3 is 1.70 bits per heavy atom. The molecule has 0 nitrogen and oxygen atoms in total. The van der Waals surface area contributed by atoms with E-state index in [2.05, 4.69) is 147 Å². The van der Waals surface area contributed by atoms with E-state index in [0.717, 1.165) is 6.42 Å². The van der Waals surface area contributed by atoms with E-state index in [1.165, 1.54) is 51.1 Å². The molecule has 214 valence electrons. The van der Waals surface area contributed by atoms with E-state index in [9.17, 15) is 0 Å². The van der Waals surface area contributed by atoms with Gasteiger partial charge in [0.25, 0.3) is 0 Å². The van der Waals surface area contributed by atoms with Crippen LogP contribution in [0, 0.1) is 0 Å². The Kier molecular flexibility index (Phi) is 6.16. The number of aryl methyl sites for hydroxylation is 1. The summed E-state index contributed by atoms with van der Waals surface area (Å²) in [6, 6.07) is 19.7. The number of allylic oxidation sites excluding steroid dienone is 4. The topological polar surface area (TPSA) is 0 Å². The third-order valence-corrected chi connectivity index (χ3v) is 55.5. The zero-order chi connectivity index (χ0) is 29.5. The molecule has 2 aromatic carbocycles. The molecule has 0 unspecified atom stereocenters. The average molecular weight is 719 g/mol. The van der Waals surface area contributed by atoms with E-state index in [1.807, 2.05) is 0 Å². The van der Waals surface area contributed by atoms with Gasteiger partial charge in [0.15, 0.2) is 0 Å². The van der Waals surface area contributed by atoms with Crippen LogP contribution in [-0.4, -0.2) is 4.26 Å². The Balaban J connectivity index is 1.95.